The molecule has 1 N–H and O–H groups in total. The molecule has 2 aromatic carbocycles. The van der Waals surface area contributed by atoms with Gasteiger partial charge in [0.25, 0.3) is 0 Å². The molecule has 0 atom stereocenters. The standard InChI is InChI=1S/C15H13BrN2S/c1-10-6-7-11(16)8-14(10)18-13-4-3-5-15(19-2)12(13)9-17/h3-8,18H,1-2H3. The fraction of sp³-hybridized carbons (Fsp3) is 0.133. The Morgan fingerprint density at radius 2 is 2.00 bits per heavy atom. The molecule has 2 aromatic rings. The molecule has 4 heteroatoms. The fourth-order valence-corrected chi connectivity index (χ4v) is 2.73. The molecule has 0 radical (unpaired) electrons. The van der Waals surface area contributed by atoms with Crippen molar-refractivity contribution in [1.29, 1.82) is 5.26 Å². The molecule has 0 fully saturated rings. The average Bonchev–Trinajstić information content (AvgIpc) is 2.42. The lowest BCUT2D eigenvalue weighted by atomic mass is 10.1. The van der Waals surface area contributed by atoms with Crippen LogP contribution in [0.3, 0.4) is 0 Å². The fourth-order valence-electron chi connectivity index (χ4n) is 1.79. The summed E-state index contributed by atoms with van der Waals surface area (Å²) in [5, 5.41) is 12.7. The highest BCUT2D eigenvalue weighted by Crippen LogP contribution is 2.30. The Balaban J connectivity index is 2.44. The second-order valence-corrected chi connectivity index (χ2v) is 5.84. The summed E-state index contributed by atoms with van der Waals surface area (Å²) in [5.41, 5.74) is 3.68. The minimum absolute atomic E-state index is 0.689. The van der Waals surface area contributed by atoms with Gasteiger partial charge in [0.1, 0.15) is 6.07 Å². The van der Waals surface area contributed by atoms with Crippen molar-refractivity contribution >= 4 is 39.1 Å². The van der Waals surface area contributed by atoms with E-state index in [1.165, 1.54) is 0 Å². The maximum Gasteiger partial charge on any atom is 0.103 e. The molecule has 0 saturated carbocycles. The zero-order valence-corrected chi connectivity index (χ0v) is 13.1. The number of halogens is 1. The Morgan fingerprint density at radius 1 is 1.21 bits per heavy atom. The van der Waals surface area contributed by atoms with Gasteiger partial charge in [-0.05, 0) is 43.0 Å². The number of benzene rings is 2. The van der Waals surface area contributed by atoms with Crippen molar-refractivity contribution in [3.63, 3.8) is 0 Å². The quantitative estimate of drug-likeness (QED) is 0.794. The number of rotatable bonds is 3. The first-order valence-electron chi connectivity index (χ1n) is 5.76. The third kappa shape index (κ3) is 3.12. The molecule has 2 nitrogen and oxygen atoms in total. The maximum atomic E-state index is 9.32. The Labute approximate surface area is 126 Å². The lowest BCUT2D eigenvalue weighted by molar-refractivity contribution is 1.34. The predicted molar refractivity (Wildman–Crippen MR) is 85.1 cm³/mol. The van der Waals surface area contributed by atoms with Crippen molar-refractivity contribution in [3.05, 3.63) is 52.0 Å². The largest absolute Gasteiger partial charge is 0.354 e. The van der Waals surface area contributed by atoms with Gasteiger partial charge >= 0.3 is 0 Å². The number of hydrogen-bond donors (Lipinski definition) is 1. The Hall–Kier alpha value is -1.44. The van der Waals surface area contributed by atoms with E-state index in [0.717, 1.165) is 26.3 Å². The number of thioether (sulfide) groups is 1. The van der Waals surface area contributed by atoms with Crippen LogP contribution in [-0.2, 0) is 0 Å². The zero-order chi connectivity index (χ0) is 13.8. The highest BCUT2D eigenvalue weighted by molar-refractivity contribution is 9.10. The van der Waals surface area contributed by atoms with Gasteiger partial charge in [0.05, 0.1) is 11.3 Å². The van der Waals surface area contributed by atoms with Crippen LogP contribution in [0.5, 0.6) is 0 Å². The molecule has 0 aliphatic heterocycles. The summed E-state index contributed by atoms with van der Waals surface area (Å²) in [6.07, 6.45) is 1.98. The number of nitriles is 1. The Bertz CT molecular complexity index is 647. The van der Waals surface area contributed by atoms with Gasteiger partial charge < -0.3 is 5.32 Å². The summed E-state index contributed by atoms with van der Waals surface area (Å²) in [6.45, 7) is 2.04. The summed E-state index contributed by atoms with van der Waals surface area (Å²) in [7, 11) is 0. The van der Waals surface area contributed by atoms with Gasteiger partial charge in [-0.3, -0.25) is 0 Å². The summed E-state index contributed by atoms with van der Waals surface area (Å²) < 4.78 is 1.01. The summed E-state index contributed by atoms with van der Waals surface area (Å²) in [6, 6.07) is 14.2. The second-order valence-electron chi connectivity index (χ2n) is 4.08. The molecule has 0 saturated heterocycles. The van der Waals surface area contributed by atoms with E-state index in [4.69, 9.17) is 0 Å². The van der Waals surface area contributed by atoms with Gasteiger partial charge in [-0.15, -0.1) is 11.8 Å². The van der Waals surface area contributed by atoms with E-state index in [0.29, 0.717) is 5.56 Å². The molecule has 2 rings (SSSR count). The molecular weight excluding hydrogens is 320 g/mol. The van der Waals surface area contributed by atoms with E-state index in [2.05, 4.69) is 27.3 Å². The SMILES string of the molecule is CSc1cccc(Nc2cc(Br)ccc2C)c1C#N. The number of nitrogens with zero attached hydrogens (tertiary/aromatic N) is 1. The molecule has 0 aliphatic carbocycles. The molecule has 0 spiro atoms. The van der Waals surface area contributed by atoms with Gasteiger partial charge in [0.15, 0.2) is 0 Å². The van der Waals surface area contributed by atoms with Crippen LogP contribution in [0.2, 0.25) is 0 Å². The van der Waals surface area contributed by atoms with E-state index >= 15 is 0 Å². The van der Waals surface area contributed by atoms with Crippen molar-refractivity contribution < 1.29 is 0 Å². The molecule has 19 heavy (non-hydrogen) atoms. The predicted octanol–water partition coefficient (Wildman–Crippen LogP) is 5.09. The normalized spacial score (nSPS) is 10.0. The van der Waals surface area contributed by atoms with Crippen molar-refractivity contribution in [1.82, 2.24) is 0 Å². The topological polar surface area (TPSA) is 35.8 Å². The zero-order valence-electron chi connectivity index (χ0n) is 10.7. The number of hydrogen-bond acceptors (Lipinski definition) is 3. The van der Waals surface area contributed by atoms with E-state index in [-0.39, 0.29) is 0 Å². The third-order valence-corrected chi connectivity index (χ3v) is 4.10. The number of anilines is 2. The number of aryl methyl sites for hydroxylation is 1. The van der Waals surface area contributed by atoms with Crippen LogP contribution in [0.1, 0.15) is 11.1 Å². The van der Waals surface area contributed by atoms with Gasteiger partial charge in [-0.2, -0.15) is 5.26 Å². The van der Waals surface area contributed by atoms with Crippen LogP contribution in [-0.4, -0.2) is 6.26 Å². The maximum absolute atomic E-state index is 9.32. The van der Waals surface area contributed by atoms with Crippen LogP contribution in [0.4, 0.5) is 11.4 Å². The van der Waals surface area contributed by atoms with E-state index in [9.17, 15) is 5.26 Å². The molecule has 0 aliphatic rings. The molecule has 96 valence electrons. The van der Waals surface area contributed by atoms with Crippen LogP contribution >= 0.6 is 27.7 Å². The number of nitrogens with one attached hydrogen (secondary N) is 1. The first kappa shape index (κ1) is 14.0. The van der Waals surface area contributed by atoms with E-state index in [1.54, 1.807) is 11.8 Å². The lowest BCUT2D eigenvalue weighted by Gasteiger charge is -2.13. The Kier molecular flexibility index (Phi) is 4.52. The highest BCUT2D eigenvalue weighted by Gasteiger charge is 2.08. The van der Waals surface area contributed by atoms with Crippen LogP contribution in [0.15, 0.2) is 45.8 Å². The third-order valence-electron chi connectivity index (χ3n) is 2.83. The van der Waals surface area contributed by atoms with Gasteiger partial charge in [0, 0.05) is 15.1 Å². The first-order chi connectivity index (χ1) is 9.15. The summed E-state index contributed by atoms with van der Waals surface area (Å²) in [5.74, 6) is 0. The van der Waals surface area contributed by atoms with E-state index in [1.807, 2.05) is 49.6 Å². The minimum atomic E-state index is 0.689. The second kappa shape index (κ2) is 6.14. The molecular formula is C15H13BrN2S. The van der Waals surface area contributed by atoms with Crippen LogP contribution in [0.25, 0.3) is 0 Å². The minimum Gasteiger partial charge on any atom is -0.354 e. The van der Waals surface area contributed by atoms with E-state index < -0.39 is 0 Å². The molecule has 0 unspecified atom stereocenters. The van der Waals surface area contributed by atoms with Crippen molar-refractivity contribution in [2.24, 2.45) is 0 Å². The Morgan fingerprint density at radius 3 is 2.68 bits per heavy atom. The smallest absolute Gasteiger partial charge is 0.103 e. The van der Waals surface area contributed by atoms with Crippen LogP contribution < -0.4 is 5.32 Å². The van der Waals surface area contributed by atoms with Gasteiger partial charge in [-0.25, -0.2) is 0 Å². The van der Waals surface area contributed by atoms with Gasteiger partial charge in [-0.1, -0.05) is 28.1 Å². The molecule has 0 heterocycles. The molecule has 0 bridgehead atoms. The average molecular weight is 333 g/mol. The monoisotopic (exact) mass is 332 g/mol. The molecule has 0 amide bonds. The van der Waals surface area contributed by atoms with Crippen LogP contribution in [0, 0.1) is 18.3 Å². The highest BCUT2D eigenvalue weighted by atomic mass is 79.9. The summed E-state index contributed by atoms with van der Waals surface area (Å²) in [4.78, 5) is 0.986. The molecule has 0 aromatic heterocycles. The van der Waals surface area contributed by atoms with Gasteiger partial charge in [0.2, 0.25) is 0 Å². The van der Waals surface area contributed by atoms with Crippen molar-refractivity contribution in [2.45, 2.75) is 11.8 Å². The van der Waals surface area contributed by atoms with Crippen molar-refractivity contribution in [2.75, 3.05) is 11.6 Å². The lowest BCUT2D eigenvalue weighted by Crippen LogP contribution is -1.97. The first-order valence-corrected chi connectivity index (χ1v) is 7.77. The summed E-state index contributed by atoms with van der Waals surface area (Å²) >= 11 is 5.04. The van der Waals surface area contributed by atoms with Crippen molar-refractivity contribution in [3.8, 4) is 6.07 Å².